The van der Waals surface area contributed by atoms with Gasteiger partial charge in [0.15, 0.2) is 0 Å². The van der Waals surface area contributed by atoms with Gasteiger partial charge in [0.25, 0.3) is 5.91 Å². The van der Waals surface area contributed by atoms with Gasteiger partial charge in [-0.1, -0.05) is 25.7 Å². The SMILES string of the molecule is CNC(=O)C1CCN(CN2C(=O)NC3(CCCCCC3)C2=O)CC1. The second-order valence-corrected chi connectivity index (χ2v) is 7.31. The predicted molar refractivity (Wildman–Crippen MR) is 89.0 cm³/mol. The van der Waals surface area contributed by atoms with Crippen molar-refractivity contribution >= 4 is 17.8 Å². The fourth-order valence-electron chi connectivity index (χ4n) is 4.22. The molecule has 2 aliphatic heterocycles. The van der Waals surface area contributed by atoms with Crippen LogP contribution < -0.4 is 10.6 Å². The second-order valence-electron chi connectivity index (χ2n) is 7.31. The van der Waals surface area contributed by atoms with E-state index in [1.165, 1.54) is 4.90 Å². The van der Waals surface area contributed by atoms with Crippen LogP contribution in [0, 0.1) is 5.92 Å². The van der Waals surface area contributed by atoms with Crippen LogP contribution in [0.2, 0.25) is 0 Å². The number of nitrogens with one attached hydrogen (secondary N) is 2. The van der Waals surface area contributed by atoms with E-state index in [1.807, 2.05) is 0 Å². The van der Waals surface area contributed by atoms with Crippen LogP contribution in [0.15, 0.2) is 0 Å². The molecule has 7 heteroatoms. The number of likely N-dealkylation sites (tertiary alicyclic amines) is 1. The van der Waals surface area contributed by atoms with Crippen molar-refractivity contribution in [2.24, 2.45) is 5.92 Å². The molecule has 1 aliphatic carbocycles. The minimum absolute atomic E-state index is 0.0440. The third kappa shape index (κ3) is 3.27. The summed E-state index contributed by atoms with van der Waals surface area (Å²) in [6.45, 7) is 1.82. The van der Waals surface area contributed by atoms with E-state index in [2.05, 4.69) is 15.5 Å². The number of rotatable bonds is 3. The van der Waals surface area contributed by atoms with Crippen molar-refractivity contribution in [2.75, 3.05) is 26.8 Å². The topological polar surface area (TPSA) is 81.8 Å². The Balaban J connectivity index is 1.59. The normalized spacial score (nSPS) is 25.6. The molecule has 2 heterocycles. The summed E-state index contributed by atoms with van der Waals surface area (Å²) in [5.74, 6) is 0.0763. The van der Waals surface area contributed by atoms with Crippen LogP contribution in [0.3, 0.4) is 0 Å². The van der Waals surface area contributed by atoms with Crippen LogP contribution in [0.5, 0.6) is 0 Å². The maximum absolute atomic E-state index is 12.9. The number of hydrogen-bond donors (Lipinski definition) is 2. The van der Waals surface area contributed by atoms with E-state index >= 15 is 0 Å². The lowest BCUT2D eigenvalue weighted by molar-refractivity contribution is -0.134. The summed E-state index contributed by atoms with van der Waals surface area (Å²) in [7, 11) is 1.66. The van der Waals surface area contributed by atoms with Crippen molar-refractivity contribution < 1.29 is 14.4 Å². The van der Waals surface area contributed by atoms with E-state index in [0.717, 1.165) is 64.5 Å². The molecule has 2 saturated heterocycles. The van der Waals surface area contributed by atoms with Crippen LogP contribution in [-0.4, -0.2) is 60.0 Å². The number of urea groups is 1. The number of amides is 4. The van der Waals surface area contributed by atoms with Crippen LogP contribution in [-0.2, 0) is 9.59 Å². The van der Waals surface area contributed by atoms with Crippen molar-refractivity contribution in [3.05, 3.63) is 0 Å². The second kappa shape index (κ2) is 7.09. The van der Waals surface area contributed by atoms with E-state index in [-0.39, 0.29) is 23.8 Å². The highest BCUT2D eigenvalue weighted by atomic mass is 16.2. The molecule has 0 aromatic heterocycles. The number of imide groups is 1. The first-order chi connectivity index (χ1) is 11.6. The summed E-state index contributed by atoms with van der Waals surface area (Å²) in [6, 6.07) is -0.254. The number of carbonyl (C=O) groups is 3. The molecular weight excluding hydrogens is 308 g/mol. The van der Waals surface area contributed by atoms with Crippen molar-refractivity contribution in [3.8, 4) is 0 Å². The molecule has 7 nitrogen and oxygen atoms in total. The Labute approximate surface area is 143 Å². The van der Waals surface area contributed by atoms with Gasteiger partial charge in [-0.25, -0.2) is 9.69 Å². The highest BCUT2D eigenvalue weighted by molar-refractivity contribution is 6.07. The first kappa shape index (κ1) is 17.2. The van der Waals surface area contributed by atoms with Crippen LogP contribution in [0.4, 0.5) is 4.79 Å². The molecule has 3 aliphatic rings. The van der Waals surface area contributed by atoms with Crippen molar-refractivity contribution in [3.63, 3.8) is 0 Å². The summed E-state index contributed by atoms with van der Waals surface area (Å²) in [5, 5.41) is 5.68. The van der Waals surface area contributed by atoms with Crippen LogP contribution >= 0.6 is 0 Å². The van der Waals surface area contributed by atoms with Crippen LogP contribution in [0.1, 0.15) is 51.4 Å². The standard InChI is InChI=1S/C17H28N4O3/c1-18-14(22)13-6-10-20(11-7-13)12-21-15(23)17(19-16(21)24)8-4-2-3-5-9-17/h13H,2-12H2,1H3,(H,18,22)(H,19,24). The van der Waals surface area contributed by atoms with Gasteiger partial charge in [-0.15, -0.1) is 0 Å². The van der Waals surface area contributed by atoms with Gasteiger partial charge < -0.3 is 10.6 Å². The molecule has 0 aromatic carbocycles. The summed E-state index contributed by atoms with van der Waals surface area (Å²) < 4.78 is 0. The van der Waals surface area contributed by atoms with Gasteiger partial charge in [-0.3, -0.25) is 14.5 Å². The van der Waals surface area contributed by atoms with Crippen molar-refractivity contribution in [1.29, 1.82) is 0 Å². The average molecular weight is 336 g/mol. The van der Waals surface area contributed by atoms with E-state index < -0.39 is 5.54 Å². The quantitative estimate of drug-likeness (QED) is 0.755. The van der Waals surface area contributed by atoms with E-state index in [1.54, 1.807) is 7.05 Å². The molecule has 0 bridgehead atoms. The molecule has 4 amide bonds. The van der Waals surface area contributed by atoms with Gasteiger partial charge in [-0.2, -0.15) is 0 Å². The lowest BCUT2D eigenvalue weighted by Gasteiger charge is -2.33. The molecular formula is C17H28N4O3. The zero-order chi connectivity index (χ0) is 17.2. The number of hydrogen-bond acceptors (Lipinski definition) is 4. The van der Waals surface area contributed by atoms with Gasteiger partial charge in [0.05, 0.1) is 6.67 Å². The Kier molecular flexibility index (Phi) is 5.08. The Morgan fingerprint density at radius 2 is 1.79 bits per heavy atom. The lowest BCUT2D eigenvalue weighted by atomic mass is 9.90. The average Bonchev–Trinajstić information content (AvgIpc) is 2.77. The Bertz CT molecular complexity index is 506. The van der Waals surface area contributed by atoms with Crippen LogP contribution in [0.25, 0.3) is 0 Å². The first-order valence-electron chi connectivity index (χ1n) is 9.14. The molecule has 0 atom stereocenters. The maximum atomic E-state index is 12.9. The zero-order valence-corrected chi connectivity index (χ0v) is 14.5. The molecule has 1 saturated carbocycles. The van der Waals surface area contributed by atoms with Gasteiger partial charge in [-0.05, 0) is 25.7 Å². The minimum atomic E-state index is -0.659. The summed E-state index contributed by atoms with van der Waals surface area (Å²) in [6.07, 6.45) is 7.33. The fraction of sp³-hybridized carbons (Fsp3) is 0.824. The smallest absolute Gasteiger partial charge is 0.326 e. The third-order valence-electron chi connectivity index (χ3n) is 5.75. The summed E-state index contributed by atoms with van der Waals surface area (Å²) in [4.78, 5) is 40.4. The monoisotopic (exact) mass is 336 g/mol. The largest absolute Gasteiger partial charge is 0.359 e. The molecule has 0 aromatic rings. The number of piperidine rings is 1. The molecule has 2 N–H and O–H groups in total. The molecule has 3 fully saturated rings. The maximum Gasteiger partial charge on any atom is 0.326 e. The lowest BCUT2D eigenvalue weighted by Crippen LogP contribution is -2.49. The predicted octanol–water partition coefficient (Wildman–Crippen LogP) is 1.05. The first-order valence-corrected chi connectivity index (χ1v) is 9.14. The number of carbonyl (C=O) groups excluding carboxylic acids is 3. The highest BCUT2D eigenvalue weighted by Crippen LogP contribution is 2.33. The van der Waals surface area contributed by atoms with E-state index in [4.69, 9.17) is 0 Å². The minimum Gasteiger partial charge on any atom is -0.359 e. The van der Waals surface area contributed by atoms with Gasteiger partial charge >= 0.3 is 6.03 Å². The highest BCUT2D eigenvalue weighted by Gasteiger charge is 2.51. The zero-order valence-electron chi connectivity index (χ0n) is 14.5. The number of nitrogens with zero attached hydrogens (tertiary/aromatic N) is 2. The third-order valence-corrected chi connectivity index (χ3v) is 5.75. The Morgan fingerprint density at radius 1 is 1.17 bits per heavy atom. The molecule has 24 heavy (non-hydrogen) atoms. The molecule has 0 radical (unpaired) electrons. The van der Waals surface area contributed by atoms with Crippen molar-refractivity contribution in [2.45, 2.75) is 56.9 Å². The molecule has 1 spiro atoms. The van der Waals surface area contributed by atoms with Crippen molar-refractivity contribution in [1.82, 2.24) is 20.4 Å². The fourth-order valence-corrected chi connectivity index (χ4v) is 4.22. The van der Waals surface area contributed by atoms with E-state index in [0.29, 0.717) is 6.67 Å². The molecule has 3 rings (SSSR count). The summed E-state index contributed by atoms with van der Waals surface area (Å²) in [5.41, 5.74) is -0.659. The molecule has 134 valence electrons. The Morgan fingerprint density at radius 3 is 2.38 bits per heavy atom. The summed E-state index contributed by atoms with van der Waals surface area (Å²) >= 11 is 0. The van der Waals surface area contributed by atoms with Gasteiger partial charge in [0.1, 0.15) is 5.54 Å². The molecule has 0 unspecified atom stereocenters. The van der Waals surface area contributed by atoms with E-state index in [9.17, 15) is 14.4 Å². The van der Waals surface area contributed by atoms with Gasteiger partial charge in [0.2, 0.25) is 5.91 Å². The van der Waals surface area contributed by atoms with Gasteiger partial charge in [0, 0.05) is 26.1 Å². The Hall–Kier alpha value is -1.63.